The lowest BCUT2D eigenvalue weighted by Gasteiger charge is -2.26. The zero-order valence-electron chi connectivity index (χ0n) is 10.1. The Morgan fingerprint density at radius 2 is 2.12 bits per heavy atom. The summed E-state index contributed by atoms with van der Waals surface area (Å²) in [6.07, 6.45) is 1.56. The number of carbonyl (C=O) groups excluding carboxylic acids is 1. The van der Waals surface area contributed by atoms with Gasteiger partial charge in [0.05, 0.1) is 0 Å². The topological polar surface area (TPSA) is 101 Å². The summed E-state index contributed by atoms with van der Waals surface area (Å²) in [5.74, 6) is -0.335. The van der Waals surface area contributed by atoms with E-state index in [1.54, 1.807) is 0 Å². The molecule has 0 aliphatic heterocycles. The van der Waals surface area contributed by atoms with Crippen LogP contribution in [0.2, 0.25) is 0 Å². The number of nitrogens with zero attached hydrogens (tertiary/aromatic N) is 1. The summed E-state index contributed by atoms with van der Waals surface area (Å²) in [6.45, 7) is 4.35. The molecule has 0 radical (unpaired) electrons. The van der Waals surface area contributed by atoms with E-state index in [1.165, 1.54) is 12.1 Å². The highest BCUT2D eigenvalue weighted by Gasteiger charge is 2.21. The van der Waals surface area contributed by atoms with E-state index in [0.29, 0.717) is 6.54 Å². The second-order valence-electron chi connectivity index (χ2n) is 4.06. The smallest absolute Gasteiger partial charge is 0.271 e. The van der Waals surface area contributed by atoms with Crippen LogP contribution in [0.15, 0.2) is 16.9 Å². The van der Waals surface area contributed by atoms with Crippen LogP contribution in [0, 0.1) is 0 Å². The molecule has 0 fully saturated rings. The summed E-state index contributed by atoms with van der Waals surface area (Å²) in [5, 5.41) is 8.56. The summed E-state index contributed by atoms with van der Waals surface area (Å²) >= 11 is 0. The lowest BCUT2D eigenvalue weighted by molar-refractivity contribution is 0.0936. The van der Waals surface area contributed by atoms with Crippen molar-refractivity contribution in [1.29, 1.82) is 0 Å². The van der Waals surface area contributed by atoms with Crippen LogP contribution in [-0.2, 0) is 0 Å². The Morgan fingerprint density at radius 1 is 1.47 bits per heavy atom. The minimum Gasteiger partial charge on any atom is -0.349 e. The third kappa shape index (κ3) is 3.67. The molecule has 1 amide bonds. The van der Waals surface area contributed by atoms with E-state index < -0.39 is 5.54 Å². The minimum atomic E-state index is -0.391. The minimum absolute atomic E-state index is 0.180. The first kappa shape index (κ1) is 13.4. The molecule has 0 saturated heterocycles. The van der Waals surface area contributed by atoms with Gasteiger partial charge in [0.1, 0.15) is 5.69 Å². The van der Waals surface area contributed by atoms with E-state index in [0.717, 1.165) is 12.8 Å². The number of carbonyl (C=O) groups is 1. The first-order valence-electron chi connectivity index (χ1n) is 5.63. The lowest BCUT2D eigenvalue weighted by atomic mass is 9.94. The Kier molecular flexibility index (Phi) is 4.39. The first-order valence-corrected chi connectivity index (χ1v) is 5.63. The van der Waals surface area contributed by atoms with Crippen molar-refractivity contribution in [2.75, 3.05) is 6.54 Å². The molecule has 1 aromatic rings. The molecular weight excluding hydrogens is 220 g/mol. The van der Waals surface area contributed by atoms with Crippen molar-refractivity contribution >= 4 is 5.91 Å². The number of aromatic nitrogens is 2. The van der Waals surface area contributed by atoms with Crippen LogP contribution in [0.3, 0.4) is 0 Å². The van der Waals surface area contributed by atoms with Crippen molar-refractivity contribution < 1.29 is 4.79 Å². The summed E-state index contributed by atoms with van der Waals surface area (Å²) in [7, 11) is 0. The predicted molar refractivity (Wildman–Crippen MR) is 64.7 cm³/mol. The molecule has 0 aromatic carbocycles. The number of hydrogen-bond acceptors (Lipinski definition) is 4. The normalized spacial score (nSPS) is 11.2. The van der Waals surface area contributed by atoms with E-state index in [1.807, 2.05) is 13.8 Å². The molecule has 1 heterocycles. The molecule has 0 atom stereocenters. The third-order valence-corrected chi connectivity index (χ3v) is 2.92. The Morgan fingerprint density at radius 3 is 2.59 bits per heavy atom. The van der Waals surface area contributed by atoms with Gasteiger partial charge >= 0.3 is 0 Å². The van der Waals surface area contributed by atoms with E-state index in [2.05, 4.69) is 15.5 Å². The quantitative estimate of drug-likeness (QED) is 0.673. The summed E-state index contributed by atoms with van der Waals surface area (Å²) < 4.78 is 0. The van der Waals surface area contributed by atoms with Gasteiger partial charge in [0, 0.05) is 18.2 Å². The second-order valence-corrected chi connectivity index (χ2v) is 4.06. The van der Waals surface area contributed by atoms with Gasteiger partial charge in [-0.05, 0) is 18.9 Å². The Bertz CT molecular complexity index is 417. The number of hydrogen-bond donors (Lipinski definition) is 3. The van der Waals surface area contributed by atoms with Gasteiger partial charge in [-0.15, -0.1) is 0 Å². The molecule has 0 aliphatic rings. The Balaban J connectivity index is 2.61. The van der Waals surface area contributed by atoms with Gasteiger partial charge in [0.25, 0.3) is 11.5 Å². The SMILES string of the molecule is CCC(N)(CC)CNC(=O)c1ccc(=O)[nH]n1. The van der Waals surface area contributed by atoms with E-state index >= 15 is 0 Å². The fourth-order valence-corrected chi connectivity index (χ4v) is 1.32. The van der Waals surface area contributed by atoms with Gasteiger partial charge in [-0.2, -0.15) is 5.10 Å². The first-order chi connectivity index (χ1) is 8.00. The number of nitrogens with two attached hydrogens (primary N) is 1. The highest BCUT2D eigenvalue weighted by molar-refractivity contribution is 5.92. The van der Waals surface area contributed by atoms with Crippen molar-refractivity contribution in [1.82, 2.24) is 15.5 Å². The largest absolute Gasteiger partial charge is 0.349 e. The third-order valence-electron chi connectivity index (χ3n) is 2.92. The summed E-state index contributed by atoms with van der Waals surface area (Å²) in [4.78, 5) is 22.5. The van der Waals surface area contributed by atoms with E-state index in [9.17, 15) is 9.59 Å². The van der Waals surface area contributed by atoms with Crippen molar-refractivity contribution in [3.8, 4) is 0 Å². The van der Waals surface area contributed by atoms with Crippen LogP contribution in [0.4, 0.5) is 0 Å². The zero-order chi connectivity index (χ0) is 12.9. The van der Waals surface area contributed by atoms with Crippen LogP contribution in [0.25, 0.3) is 0 Å². The van der Waals surface area contributed by atoms with Crippen LogP contribution in [0.5, 0.6) is 0 Å². The fraction of sp³-hybridized carbons (Fsp3) is 0.545. The van der Waals surface area contributed by atoms with E-state index in [-0.39, 0.29) is 17.2 Å². The molecule has 0 bridgehead atoms. The van der Waals surface area contributed by atoms with Gasteiger partial charge in [-0.25, -0.2) is 5.10 Å². The van der Waals surface area contributed by atoms with Crippen molar-refractivity contribution in [2.45, 2.75) is 32.2 Å². The molecule has 6 heteroatoms. The van der Waals surface area contributed by atoms with Gasteiger partial charge in [-0.3, -0.25) is 9.59 Å². The number of nitrogens with one attached hydrogen (secondary N) is 2. The molecule has 17 heavy (non-hydrogen) atoms. The van der Waals surface area contributed by atoms with Crippen molar-refractivity contribution in [3.05, 3.63) is 28.2 Å². The highest BCUT2D eigenvalue weighted by Crippen LogP contribution is 2.09. The van der Waals surface area contributed by atoms with Crippen LogP contribution < -0.4 is 16.6 Å². The molecule has 4 N–H and O–H groups in total. The highest BCUT2D eigenvalue weighted by atomic mass is 16.2. The molecule has 0 aliphatic carbocycles. The second kappa shape index (κ2) is 5.58. The van der Waals surface area contributed by atoms with Gasteiger partial charge in [-0.1, -0.05) is 13.8 Å². The summed E-state index contributed by atoms with van der Waals surface area (Å²) in [5.41, 5.74) is 5.51. The maximum absolute atomic E-state index is 11.7. The Hall–Kier alpha value is -1.69. The number of aromatic amines is 1. The Labute approximate surface area is 99.6 Å². The van der Waals surface area contributed by atoms with E-state index in [4.69, 9.17) is 5.73 Å². The monoisotopic (exact) mass is 238 g/mol. The standard InChI is InChI=1S/C11H18N4O2/c1-3-11(12,4-2)7-13-10(17)8-5-6-9(16)15-14-8/h5-6H,3-4,7,12H2,1-2H3,(H,13,17)(H,15,16). The fourth-order valence-electron chi connectivity index (χ4n) is 1.32. The number of amides is 1. The molecule has 0 unspecified atom stereocenters. The average molecular weight is 238 g/mol. The molecule has 94 valence electrons. The lowest BCUT2D eigenvalue weighted by Crippen LogP contribution is -2.49. The van der Waals surface area contributed by atoms with Gasteiger partial charge in [0.2, 0.25) is 0 Å². The maximum atomic E-state index is 11.7. The molecule has 0 saturated carbocycles. The molecule has 6 nitrogen and oxygen atoms in total. The molecule has 0 spiro atoms. The van der Waals surface area contributed by atoms with Crippen molar-refractivity contribution in [3.63, 3.8) is 0 Å². The van der Waals surface area contributed by atoms with Crippen molar-refractivity contribution in [2.24, 2.45) is 5.73 Å². The van der Waals surface area contributed by atoms with Gasteiger partial charge in [0.15, 0.2) is 0 Å². The zero-order valence-corrected chi connectivity index (χ0v) is 10.1. The van der Waals surface area contributed by atoms with Crippen LogP contribution >= 0.6 is 0 Å². The maximum Gasteiger partial charge on any atom is 0.271 e. The molecule has 1 aromatic heterocycles. The summed E-state index contributed by atoms with van der Waals surface area (Å²) in [6, 6.07) is 2.64. The predicted octanol–water partition coefficient (Wildman–Crippen LogP) is 0.0172. The average Bonchev–Trinajstić information content (AvgIpc) is 2.36. The van der Waals surface area contributed by atoms with Crippen LogP contribution in [-0.4, -0.2) is 28.2 Å². The molecule has 1 rings (SSSR count). The van der Waals surface area contributed by atoms with Gasteiger partial charge < -0.3 is 11.1 Å². The van der Waals surface area contributed by atoms with Crippen LogP contribution in [0.1, 0.15) is 37.2 Å². The number of H-pyrrole nitrogens is 1. The molecular formula is C11H18N4O2. The number of rotatable bonds is 5.